The summed E-state index contributed by atoms with van der Waals surface area (Å²) in [5.74, 6) is 0. The van der Waals surface area contributed by atoms with Crippen molar-refractivity contribution in [3.05, 3.63) is 28.3 Å². The van der Waals surface area contributed by atoms with Gasteiger partial charge in [0, 0.05) is 18.5 Å². The van der Waals surface area contributed by atoms with E-state index in [9.17, 15) is 0 Å². The van der Waals surface area contributed by atoms with E-state index in [1.54, 1.807) is 0 Å². The summed E-state index contributed by atoms with van der Waals surface area (Å²) in [4.78, 5) is 2.46. The lowest BCUT2D eigenvalue weighted by atomic mass is 9.72. The Hall–Kier alpha value is -0.730. The molecule has 0 atom stereocenters. The lowest BCUT2D eigenvalue weighted by Crippen LogP contribution is -2.60. The van der Waals surface area contributed by atoms with Crippen molar-refractivity contribution >= 4 is 17.3 Å². The maximum Gasteiger partial charge on any atom is 0.0644 e. The van der Waals surface area contributed by atoms with Crippen LogP contribution in [0.2, 0.25) is 5.02 Å². The second-order valence-corrected chi connectivity index (χ2v) is 6.43. The van der Waals surface area contributed by atoms with Gasteiger partial charge in [0.1, 0.15) is 0 Å². The fourth-order valence-electron chi connectivity index (χ4n) is 3.50. The van der Waals surface area contributed by atoms with Gasteiger partial charge in [-0.2, -0.15) is 0 Å². The molecule has 0 bridgehead atoms. The molecule has 0 aliphatic carbocycles. The summed E-state index contributed by atoms with van der Waals surface area (Å²) < 4.78 is 0. The summed E-state index contributed by atoms with van der Waals surface area (Å²) in [7, 11) is 0. The van der Waals surface area contributed by atoms with Gasteiger partial charge in [0.25, 0.3) is 0 Å². The Morgan fingerprint density at radius 1 is 1.17 bits per heavy atom. The molecule has 2 aliphatic heterocycles. The minimum absolute atomic E-state index is 0.561. The molecule has 2 nitrogen and oxygen atoms in total. The van der Waals surface area contributed by atoms with Crippen LogP contribution in [0.1, 0.15) is 24.0 Å². The number of aryl methyl sites for hydroxylation is 2. The highest BCUT2D eigenvalue weighted by atomic mass is 35.5. The number of piperidine rings is 1. The van der Waals surface area contributed by atoms with Crippen LogP contribution in [-0.2, 0) is 0 Å². The van der Waals surface area contributed by atoms with Gasteiger partial charge >= 0.3 is 0 Å². The molecular formula is C15H21ClN2. The first-order chi connectivity index (χ1) is 8.60. The Morgan fingerprint density at radius 2 is 1.83 bits per heavy atom. The van der Waals surface area contributed by atoms with Crippen LogP contribution in [0.15, 0.2) is 12.1 Å². The lowest BCUT2D eigenvalue weighted by Gasteiger charge is -2.54. The number of benzene rings is 1. The molecule has 2 heterocycles. The molecule has 2 aliphatic rings. The highest BCUT2D eigenvalue weighted by Gasteiger charge is 2.44. The third-order valence-corrected chi connectivity index (χ3v) is 4.72. The lowest BCUT2D eigenvalue weighted by molar-refractivity contribution is 0.150. The second kappa shape index (κ2) is 4.43. The van der Waals surface area contributed by atoms with E-state index >= 15 is 0 Å². The van der Waals surface area contributed by atoms with E-state index in [-0.39, 0.29) is 0 Å². The summed E-state index contributed by atoms with van der Waals surface area (Å²) in [6.45, 7) is 8.98. The van der Waals surface area contributed by atoms with Crippen LogP contribution >= 0.6 is 11.6 Å². The zero-order chi connectivity index (χ0) is 12.8. The van der Waals surface area contributed by atoms with Gasteiger partial charge in [-0.25, -0.2) is 0 Å². The monoisotopic (exact) mass is 264 g/mol. The van der Waals surface area contributed by atoms with Gasteiger partial charge in [0.2, 0.25) is 0 Å². The fraction of sp³-hybridized carbons (Fsp3) is 0.600. The predicted molar refractivity (Wildman–Crippen MR) is 77.7 cm³/mol. The molecule has 0 radical (unpaired) electrons. The standard InChI is InChI=1S/C15H21ClN2/c1-11-7-12(2)14(13(16)8-11)18-9-15(10-18)3-5-17-6-4-15/h7-8,17H,3-6,9-10H2,1-2H3. The van der Waals surface area contributed by atoms with E-state index in [0.717, 1.165) is 5.02 Å². The molecule has 1 N–H and O–H groups in total. The number of rotatable bonds is 1. The second-order valence-electron chi connectivity index (χ2n) is 6.02. The summed E-state index contributed by atoms with van der Waals surface area (Å²) in [5, 5.41) is 4.36. The smallest absolute Gasteiger partial charge is 0.0644 e. The minimum atomic E-state index is 0.561. The Morgan fingerprint density at radius 3 is 2.44 bits per heavy atom. The molecule has 98 valence electrons. The van der Waals surface area contributed by atoms with Crippen LogP contribution in [0.3, 0.4) is 0 Å². The van der Waals surface area contributed by atoms with Crippen LogP contribution in [0.4, 0.5) is 5.69 Å². The van der Waals surface area contributed by atoms with Gasteiger partial charge in [-0.05, 0) is 57.0 Å². The molecule has 1 aromatic carbocycles. The molecule has 3 heteroatoms. The van der Waals surface area contributed by atoms with Crippen molar-refractivity contribution in [3.63, 3.8) is 0 Å². The molecule has 0 amide bonds. The SMILES string of the molecule is Cc1cc(C)c(N2CC3(CCNCC3)C2)c(Cl)c1. The fourth-order valence-corrected chi connectivity index (χ4v) is 3.94. The molecule has 3 rings (SSSR count). The number of nitrogens with one attached hydrogen (secondary N) is 1. The Labute approximate surface area is 114 Å². The van der Waals surface area contributed by atoms with E-state index in [4.69, 9.17) is 11.6 Å². The maximum atomic E-state index is 6.42. The zero-order valence-electron chi connectivity index (χ0n) is 11.2. The minimum Gasteiger partial charge on any atom is -0.369 e. The third kappa shape index (κ3) is 2.02. The van der Waals surface area contributed by atoms with Gasteiger partial charge in [-0.3, -0.25) is 0 Å². The quantitative estimate of drug-likeness (QED) is 0.838. The van der Waals surface area contributed by atoms with Crippen molar-refractivity contribution in [1.29, 1.82) is 0 Å². The first kappa shape index (κ1) is 12.3. The van der Waals surface area contributed by atoms with Gasteiger partial charge in [-0.15, -0.1) is 0 Å². The molecule has 0 saturated carbocycles. The van der Waals surface area contributed by atoms with Crippen molar-refractivity contribution in [2.45, 2.75) is 26.7 Å². The summed E-state index contributed by atoms with van der Waals surface area (Å²) >= 11 is 6.42. The van der Waals surface area contributed by atoms with E-state index in [0.29, 0.717) is 5.41 Å². The average Bonchev–Trinajstić information content (AvgIpc) is 2.26. The molecule has 2 fully saturated rings. The van der Waals surface area contributed by atoms with Crippen LogP contribution in [0.25, 0.3) is 0 Å². The topological polar surface area (TPSA) is 15.3 Å². The summed E-state index contributed by atoms with van der Waals surface area (Å²) in [6.07, 6.45) is 2.62. The van der Waals surface area contributed by atoms with E-state index in [1.165, 1.54) is 55.8 Å². The van der Waals surface area contributed by atoms with E-state index in [2.05, 4.69) is 36.2 Å². The van der Waals surface area contributed by atoms with E-state index < -0.39 is 0 Å². The van der Waals surface area contributed by atoms with Gasteiger partial charge < -0.3 is 10.2 Å². The molecular weight excluding hydrogens is 244 g/mol. The Balaban J connectivity index is 1.78. The average molecular weight is 265 g/mol. The molecule has 1 aromatic rings. The zero-order valence-corrected chi connectivity index (χ0v) is 12.0. The van der Waals surface area contributed by atoms with Crippen LogP contribution < -0.4 is 10.2 Å². The van der Waals surface area contributed by atoms with Crippen LogP contribution in [0.5, 0.6) is 0 Å². The largest absolute Gasteiger partial charge is 0.369 e. The van der Waals surface area contributed by atoms with Crippen LogP contribution in [0, 0.1) is 19.3 Å². The van der Waals surface area contributed by atoms with Crippen molar-refractivity contribution in [3.8, 4) is 0 Å². The van der Waals surface area contributed by atoms with E-state index in [1.807, 2.05) is 0 Å². The highest BCUT2D eigenvalue weighted by molar-refractivity contribution is 6.33. The van der Waals surface area contributed by atoms with Gasteiger partial charge in [0.15, 0.2) is 0 Å². The molecule has 18 heavy (non-hydrogen) atoms. The van der Waals surface area contributed by atoms with Gasteiger partial charge in [-0.1, -0.05) is 17.7 Å². The highest BCUT2D eigenvalue weighted by Crippen LogP contribution is 2.44. The Kier molecular flexibility index (Phi) is 3.03. The molecule has 1 spiro atoms. The molecule has 2 saturated heterocycles. The number of hydrogen-bond acceptors (Lipinski definition) is 2. The number of hydrogen-bond donors (Lipinski definition) is 1. The van der Waals surface area contributed by atoms with Crippen molar-refractivity contribution < 1.29 is 0 Å². The predicted octanol–water partition coefficient (Wildman–Crippen LogP) is 3.15. The summed E-state index contributed by atoms with van der Waals surface area (Å²) in [5.41, 5.74) is 4.37. The number of halogens is 1. The normalized spacial score (nSPS) is 22.1. The molecule has 0 aromatic heterocycles. The van der Waals surface area contributed by atoms with Gasteiger partial charge in [0.05, 0.1) is 10.7 Å². The maximum absolute atomic E-state index is 6.42. The van der Waals surface area contributed by atoms with Crippen molar-refractivity contribution in [1.82, 2.24) is 5.32 Å². The van der Waals surface area contributed by atoms with Crippen molar-refractivity contribution in [2.75, 3.05) is 31.1 Å². The number of anilines is 1. The Bertz CT molecular complexity index is 433. The first-order valence-corrected chi connectivity index (χ1v) is 7.20. The summed E-state index contributed by atoms with van der Waals surface area (Å²) in [6, 6.07) is 4.31. The molecule has 0 unspecified atom stereocenters. The first-order valence-electron chi connectivity index (χ1n) is 6.82. The van der Waals surface area contributed by atoms with Crippen LogP contribution in [-0.4, -0.2) is 26.2 Å². The third-order valence-electron chi connectivity index (χ3n) is 4.43. The van der Waals surface area contributed by atoms with Crippen molar-refractivity contribution in [2.24, 2.45) is 5.41 Å². The number of nitrogens with zero attached hydrogens (tertiary/aromatic N) is 1.